The number of halogens is 1. The SMILES string of the molecule is COc1cc(NC(=O)c2ccccc2CCN)ccc1F. The number of ether oxygens (including phenoxy) is 1. The first-order valence-corrected chi connectivity index (χ1v) is 6.58. The van der Waals surface area contributed by atoms with E-state index in [1.165, 1.54) is 25.3 Å². The van der Waals surface area contributed by atoms with E-state index in [2.05, 4.69) is 5.32 Å². The molecule has 0 aromatic heterocycles. The number of hydrogen-bond acceptors (Lipinski definition) is 3. The van der Waals surface area contributed by atoms with Crippen molar-refractivity contribution in [3.05, 3.63) is 59.4 Å². The Morgan fingerprint density at radius 3 is 2.76 bits per heavy atom. The van der Waals surface area contributed by atoms with E-state index in [9.17, 15) is 9.18 Å². The lowest BCUT2D eigenvalue weighted by molar-refractivity contribution is 0.102. The summed E-state index contributed by atoms with van der Waals surface area (Å²) < 4.78 is 18.2. The predicted octanol–water partition coefficient (Wildman–Crippen LogP) is 2.59. The van der Waals surface area contributed by atoms with E-state index in [1.807, 2.05) is 12.1 Å². The van der Waals surface area contributed by atoms with Crippen molar-refractivity contribution in [2.24, 2.45) is 5.73 Å². The molecule has 5 heteroatoms. The number of carbonyl (C=O) groups excluding carboxylic acids is 1. The maximum absolute atomic E-state index is 13.3. The number of amides is 1. The van der Waals surface area contributed by atoms with Gasteiger partial charge in [0.1, 0.15) is 0 Å². The highest BCUT2D eigenvalue weighted by Gasteiger charge is 2.12. The Bertz CT molecular complexity index is 644. The predicted molar refractivity (Wildman–Crippen MR) is 80.1 cm³/mol. The Hall–Kier alpha value is -2.40. The number of methoxy groups -OCH3 is 1. The van der Waals surface area contributed by atoms with Crippen LogP contribution in [0.5, 0.6) is 5.75 Å². The van der Waals surface area contributed by atoms with Gasteiger partial charge in [-0.1, -0.05) is 18.2 Å². The molecule has 0 aliphatic carbocycles. The minimum Gasteiger partial charge on any atom is -0.494 e. The van der Waals surface area contributed by atoms with Crippen molar-refractivity contribution < 1.29 is 13.9 Å². The van der Waals surface area contributed by atoms with E-state index >= 15 is 0 Å². The van der Waals surface area contributed by atoms with Gasteiger partial charge in [0, 0.05) is 17.3 Å². The van der Waals surface area contributed by atoms with Crippen LogP contribution in [0.4, 0.5) is 10.1 Å². The van der Waals surface area contributed by atoms with Gasteiger partial charge in [0.05, 0.1) is 7.11 Å². The lowest BCUT2D eigenvalue weighted by Gasteiger charge is -2.10. The quantitative estimate of drug-likeness (QED) is 0.888. The monoisotopic (exact) mass is 288 g/mol. The molecule has 4 nitrogen and oxygen atoms in total. The van der Waals surface area contributed by atoms with Gasteiger partial charge in [-0.25, -0.2) is 4.39 Å². The Morgan fingerprint density at radius 1 is 1.29 bits per heavy atom. The third kappa shape index (κ3) is 3.58. The van der Waals surface area contributed by atoms with E-state index in [0.717, 1.165) is 5.56 Å². The fourth-order valence-electron chi connectivity index (χ4n) is 2.05. The smallest absolute Gasteiger partial charge is 0.255 e. The van der Waals surface area contributed by atoms with Gasteiger partial charge in [-0.05, 0) is 36.7 Å². The lowest BCUT2D eigenvalue weighted by atomic mass is 10.0. The second-order valence-corrected chi connectivity index (χ2v) is 4.50. The minimum absolute atomic E-state index is 0.0862. The summed E-state index contributed by atoms with van der Waals surface area (Å²) in [5.41, 5.74) is 7.46. The standard InChI is InChI=1S/C16H17FN2O2/c1-21-15-10-12(6-7-14(15)17)19-16(20)13-5-3-2-4-11(13)8-9-18/h2-7,10H,8-9,18H2,1H3,(H,19,20). The Morgan fingerprint density at radius 2 is 2.05 bits per heavy atom. The summed E-state index contributed by atoms with van der Waals surface area (Å²) in [6.45, 7) is 0.467. The molecule has 0 fully saturated rings. The molecule has 0 radical (unpaired) electrons. The molecule has 1 amide bonds. The highest BCUT2D eigenvalue weighted by atomic mass is 19.1. The van der Waals surface area contributed by atoms with Gasteiger partial charge in [-0.2, -0.15) is 0 Å². The molecule has 21 heavy (non-hydrogen) atoms. The molecule has 0 bridgehead atoms. The van der Waals surface area contributed by atoms with Crippen LogP contribution in [0.3, 0.4) is 0 Å². The number of rotatable bonds is 5. The topological polar surface area (TPSA) is 64.3 Å². The van der Waals surface area contributed by atoms with Crippen molar-refractivity contribution in [1.29, 1.82) is 0 Å². The third-order valence-corrected chi connectivity index (χ3v) is 3.08. The molecule has 0 saturated heterocycles. The normalized spacial score (nSPS) is 10.2. The number of nitrogens with one attached hydrogen (secondary N) is 1. The molecule has 0 unspecified atom stereocenters. The molecular formula is C16H17FN2O2. The molecular weight excluding hydrogens is 271 g/mol. The van der Waals surface area contributed by atoms with Crippen molar-refractivity contribution in [3.63, 3.8) is 0 Å². The van der Waals surface area contributed by atoms with Crippen LogP contribution in [0.25, 0.3) is 0 Å². The third-order valence-electron chi connectivity index (χ3n) is 3.08. The fourth-order valence-corrected chi connectivity index (χ4v) is 2.05. The first-order chi connectivity index (χ1) is 10.2. The van der Waals surface area contributed by atoms with Crippen molar-refractivity contribution in [2.75, 3.05) is 19.0 Å². The van der Waals surface area contributed by atoms with Crippen LogP contribution in [0, 0.1) is 5.82 Å². The van der Waals surface area contributed by atoms with Crippen molar-refractivity contribution in [1.82, 2.24) is 0 Å². The van der Waals surface area contributed by atoms with E-state index in [0.29, 0.717) is 24.2 Å². The zero-order valence-electron chi connectivity index (χ0n) is 11.7. The van der Waals surface area contributed by atoms with Gasteiger partial charge < -0.3 is 15.8 Å². The molecule has 2 aromatic carbocycles. The van der Waals surface area contributed by atoms with Crippen LogP contribution in [0.15, 0.2) is 42.5 Å². The summed E-state index contributed by atoms with van der Waals surface area (Å²) >= 11 is 0. The van der Waals surface area contributed by atoms with E-state index in [1.54, 1.807) is 12.1 Å². The average molecular weight is 288 g/mol. The number of benzene rings is 2. The molecule has 0 saturated carbocycles. The molecule has 0 aliphatic rings. The number of nitrogens with two attached hydrogens (primary N) is 1. The Kier molecular flexibility index (Phi) is 4.90. The summed E-state index contributed by atoms with van der Waals surface area (Å²) in [5, 5.41) is 2.73. The summed E-state index contributed by atoms with van der Waals surface area (Å²) in [4.78, 5) is 12.3. The number of anilines is 1. The molecule has 0 spiro atoms. The van der Waals surface area contributed by atoms with Gasteiger partial charge >= 0.3 is 0 Å². The Balaban J connectivity index is 2.22. The van der Waals surface area contributed by atoms with Crippen molar-refractivity contribution in [2.45, 2.75) is 6.42 Å². The molecule has 0 atom stereocenters. The second-order valence-electron chi connectivity index (χ2n) is 4.50. The first kappa shape index (κ1) is 15.0. The highest BCUT2D eigenvalue weighted by Crippen LogP contribution is 2.22. The minimum atomic E-state index is -0.473. The van der Waals surface area contributed by atoms with Crippen LogP contribution < -0.4 is 15.8 Å². The molecule has 3 N–H and O–H groups in total. The zero-order valence-corrected chi connectivity index (χ0v) is 11.7. The van der Waals surface area contributed by atoms with Gasteiger partial charge in [0.15, 0.2) is 11.6 Å². The molecule has 2 rings (SSSR count). The van der Waals surface area contributed by atoms with Crippen LogP contribution in [0.2, 0.25) is 0 Å². The number of carbonyl (C=O) groups is 1. The first-order valence-electron chi connectivity index (χ1n) is 6.58. The largest absolute Gasteiger partial charge is 0.494 e. The van der Waals surface area contributed by atoms with Gasteiger partial charge in [-0.15, -0.1) is 0 Å². The summed E-state index contributed by atoms with van der Waals surface area (Å²) in [5.74, 6) is -0.644. The zero-order chi connectivity index (χ0) is 15.2. The highest BCUT2D eigenvalue weighted by molar-refractivity contribution is 6.05. The Labute approximate surface area is 122 Å². The second kappa shape index (κ2) is 6.85. The van der Waals surface area contributed by atoms with Gasteiger partial charge in [0.2, 0.25) is 0 Å². The molecule has 0 heterocycles. The van der Waals surface area contributed by atoms with E-state index in [-0.39, 0.29) is 11.7 Å². The van der Waals surface area contributed by atoms with Crippen LogP contribution in [-0.4, -0.2) is 19.6 Å². The molecule has 110 valence electrons. The summed E-state index contributed by atoms with van der Waals surface area (Å²) in [6, 6.07) is 11.4. The number of hydrogen-bond donors (Lipinski definition) is 2. The maximum atomic E-state index is 13.3. The van der Waals surface area contributed by atoms with Crippen LogP contribution in [-0.2, 0) is 6.42 Å². The van der Waals surface area contributed by atoms with Crippen molar-refractivity contribution >= 4 is 11.6 Å². The van der Waals surface area contributed by atoms with E-state index < -0.39 is 5.82 Å². The molecule has 2 aromatic rings. The lowest BCUT2D eigenvalue weighted by Crippen LogP contribution is -2.16. The van der Waals surface area contributed by atoms with Gasteiger partial charge in [0.25, 0.3) is 5.91 Å². The van der Waals surface area contributed by atoms with Crippen molar-refractivity contribution in [3.8, 4) is 5.75 Å². The molecule has 0 aliphatic heterocycles. The summed E-state index contributed by atoms with van der Waals surface area (Å²) in [6.07, 6.45) is 0.621. The average Bonchev–Trinajstić information content (AvgIpc) is 2.50. The summed E-state index contributed by atoms with van der Waals surface area (Å²) in [7, 11) is 1.38. The van der Waals surface area contributed by atoms with E-state index in [4.69, 9.17) is 10.5 Å². The van der Waals surface area contributed by atoms with Crippen LogP contribution >= 0.6 is 0 Å². The fraction of sp³-hybridized carbons (Fsp3) is 0.188. The van der Waals surface area contributed by atoms with Gasteiger partial charge in [-0.3, -0.25) is 4.79 Å². The van der Waals surface area contributed by atoms with Crippen LogP contribution in [0.1, 0.15) is 15.9 Å². The maximum Gasteiger partial charge on any atom is 0.255 e.